The van der Waals surface area contributed by atoms with Crippen molar-refractivity contribution in [1.82, 2.24) is 9.97 Å². The van der Waals surface area contributed by atoms with Crippen molar-refractivity contribution in [2.24, 2.45) is 0 Å². The number of rotatable bonds is 7. The minimum Gasteiger partial charge on any atom is -0.378 e. The van der Waals surface area contributed by atoms with E-state index >= 15 is 0 Å². The number of allylic oxidation sites excluding steroid dienone is 1. The van der Waals surface area contributed by atoms with Crippen LogP contribution in [-0.4, -0.2) is 36.5 Å². The van der Waals surface area contributed by atoms with Crippen LogP contribution in [-0.2, 0) is 0 Å². The van der Waals surface area contributed by atoms with Gasteiger partial charge in [0, 0.05) is 44.4 Å². The first kappa shape index (κ1) is 18.9. The minimum absolute atomic E-state index is 0.216. The van der Waals surface area contributed by atoms with Gasteiger partial charge in [0.2, 0.25) is 5.95 Å². The molecule has 1 aromatic heterocycles. The van der Waals surface area contributed by atoms with Crippen LogP contribution in [0.5, 0.6) is 0 Å². The number of nitrogens with one attached hydrogen (secondary N) is 2. The molecule has 0 unspecified atom stereocenters. The van der Waals surface area contributed by atoms with Gasteiger partial charge in [0.15, 0.2) is 0 Å². The zero-order chi connectivity index (χ0) is 19.1. The molecule has 0 bridgehead atoms. The Hall–Kier alpha value is -2.89. The number of hydrogen-bond acceptors (Lipinski definition) is 5. The Morgan fingerprint density at radius 2 is 1.85 bits per heavy atom. The molecule has 6 heteroatoms. The number of benzene rings is 1. The average molecular weight is 365 g/mol. The maximum Gasteiger partial charge on any atom is 0.258 e. The van der Waals surface area contributed by atoms with E-state index in [1.165, 1.54) is 31.3 Å². The molecule has 6 nitrogen and oxygen atoms in total. The highest BCUT2D eigenvalue weighted by Crippen LogP contribution is 2.20. The van der Waals surface area contributed by atoms with Crippen LogP contribution in [0.25, 0.3) is 0 Å². The van der Waals surface area contributed by atoms with Crippen LogP contribution in [0, 0.1) is 0 Å². The fourth-order valence-corrected chi connectivity index (χ4v) is 3.05. The predicted octanol–water partition coefficient (Wildman–Crippen LogP) is 4.10. The van der Waals surface area contributed by atoms with Gasteiger partial charge < -0.3 is 15.5 Å². The molecule has 27 heavy (non-hydrogen) atoms. The lowest BCUT2D eigenvalue weighted by molar-refractivity contribution is 0.102. The van der Waals surface area contributed by atoms with E-state index in [1.54, 1.807) is 12.4 Å². The molecule has 0 radical (unpaired) electrons. The molecule has 0 saturated carbocycles. The van der Waals surface area contributed by atoms with E-state index in [1.807, 2.05) is 43.3 Å². The topological polar surface area (TPSA) is 70.2 Å². The van der Waals surface area contributed by atoms with Crippen molar-refractivity contribution in [3.63, 3.8) is 0 Å². The van der Waals surface area contributed by atoms with Crippen molar-refractivity contribution in [2.45, 2.75) is 32.1 Å². The van der Waals surface area contributed by atoms with Crippen LogP contribution < -0.4 is 15.5 Å². The molecule has 1 aliphatic carbocycles. The SMILES string of the molecule is CN(C)c1ccc(NC(=O)c2cnc(NCCC3=CCCCC3)nc2)cc1. The Morgan fingerprint density at radius 3 is 2.48 bits per heavy atom. The summed E-state index contributed by atoms with van der Waals surface area (Å²) in [5.41, 5.74) is 3.78. The van der Waals surface area contributed by atoms with Crippen molar-refractivity contribution in [2.75, 3.05) is 36.2 Å². The molecule has 0 saturated heterocycles. The highest BCUT2D eigenvalue weighted by Gasteiger charge is 2.08. The van der Waals surface area contributed by atoms with Gasteiger partial charge in [0.25, 0.3) is 5.91 Å². The maximum absolute atomic E-state index is 12.3. The van der Waals surface area contributed by atoms with Crippen LogP contribution in [0.4, 0.5) is 17.3 Å². The Balaban J connectivity index is 1.50. The normalized spacial score (nSPS) is 13.6. The van der Waals surface area contributed by atoms with Gasteiger partial charge in [-0.3, -0.25) is 4.79 Å². The molecule has 1 amide bonds. The number of anilines is 3. The molecule has 0 atom stereocenters. The summed E-state index contributed by atoms with van der Waals surface area (Å²) in [5.74, 6) is 0.338. The van der Waals surface area contributed by atoms with Crippen molar-refractivity contribution in [1.29, 1.82) is 0 Å². The summed E-state index contributed by atoms with van der Waals surface area (Å²) in [7, 11) is 3.96. The number of aromatic nitrogens is 2. The van der Waals surface area contributed by atoms with Gasteiger partial charge in [-0.1, -0.05) is 11.6 Å². The fourth-order valence-electron chi connectivity index (χ4n) is 3.05. The van der Waals surface area contributed by atoms with E-state index in [9.17, 15) is 4.79 Å². The molecule has 1 aliphatic rings. The lowest BCUT2D eigenvalue weighted by atomic mass is 9.97. The summed E-state index contributed by atoms with van der Waals surface area (Å²) in [6, 6.07) is 7.68. The summed E-state index contributed by atoms with van der Waals surface area (Å²) in [5, 5.41) is 6.09. The zero-order valence-corrected chi connectivity index (χ0v) is 16.0. The van der Waals surface area contributed by atoms with Crippen molar-refractivity contribution in [3.05, 3.63) is 53.9 Å². The third-order valence-corrected chi connectivity index (χ3v) is 4.67. The summed E-state index contributed by atoms with van der Waals surface area (Å²) in [6.45, 7) is 0.815. The maximum atomic E-state index is 12.3. The first-order chi connectivity index (χ1) is 13.1. The van der Waals surface area contributed by atoms with Crippen LogP contribution >= 0.6 is 0 Å². The lowest BCUT2D eigenvalue weighted by Crippen LogP contribution is -2.14. The standard InChI is InChI=1S/C21H27N5O/c1-26(2)19-10-8-18(9-11-19)25-20(27)17-14-23-21(24-15-17)22-13-12-16-6-4-3-5-7-16/h6,8-11,14-15H,3-5,7,12-13H2,1-2H3,(H,25,27)(H,22,23,24). The molecule has 3 rings (SSSR count). The summed E-state index contributed by atoms with van der Waals surface area (Å²) in [6.07, 6.45) is 11.5. The van der Waals surface area contributed by atoms with E-state index in [0.29, 0.717) is 11.5 Å². The third-order valence-electron chi connectivity index (χ3n) is 4.67. The van der Waals surface area contributed by atoms with Gasteiger partial charge in [-0.2, -0.15) is 0 Å². The number of amides is 1. The quantitative estimate of drug-likeness (QED) is 0.723. The van der Waals surface area contributed by atoms with Crippen LogP contribution in [0.1, 0.15) is 42.5 Å². The summed E-state index contributed by atoms with van der Waals surface area (Å²) >= 11 is 0. The Morgan fingerprint density at radius 1 is 1.11 bits per heavy atom. The Bertz CT molecular complexity index is 781. The van der Waals surface area contributed by atoms with Gasteiger partial charge >= 0.3 is 0 Å². The second-order valence-electron chi connectivity index (χ2n) is 6.98. The van der Waals surface area contributed by atoms with Crippen molar-refractivity contribution in [3.8, 4) is 0 Å². The third kappa shape index (κ3) is 5.54. The summed E-state index contributed by atoms with van der Waals surface area (Å²) in [4.78, 5) is 22.8. The molecular weight excluding hydrogens is 338 g/mol. The first-order valence-electron chi connectivity index (χ1n) is 9.44. The molecule has 1 aromatic carbocycles. The molecule has 0 fully saturated rings. The number of carbonyl (C=O) groups excluding carboxylic acids is 1. The second-order valence-corrected chi connectivity index (χ2v) is 6.98. The zero-order valence-electron chi connectivity index (χ0n) is 16.0. The smallest absolute Gasteiger partial charge is 0.258 e. The Kier molecular flexibility index (Phi) is 6.41. The number of carbonyl (C=O) groups is 1. The highest BCUT2D eigenvalue weighted by atomic mass is 16.1. The average Bonchev–Trinajstić information content (AvgIpc) is 2.70. The fraction of sp³-hybridized carbons (Fsp3) is 0.381. The van der Waals surface area contributed by atoms with Gasteiger partial charge in [-0.05, 0) is 56.4 Å². The molecule has 0 spiro atoms. The van der Waals surface area contributed by atoms with Crippen molar-refractivity contribution < 1.29 is 4.79 Å². The number of nitrogens with zero attached hydrogens (tertiary/aromatic N) is 3. The molecular formula is C21H27N5O. The first-order valence-corrected chi connectivity index (χ1v) is 9.44. The van der Waals surface area contributed by atoms with Gasteiger partial charge in [-0.15, -0.1) is 0 Å². The van der Waals surface area contributed by atoms with Gasteiger partial charge in [0.1, 0.15) is 0 Å². The van der Waals surface area contributed by atoms with E-state index in [2.05, 4.69) is 26.7 Å². The molecule has 142 valence electrons. The predicted molar refractivity (Wildman–Crippen MR) is 110 cm³/mol. The van der Waals surface area contributed by atoms with Crippen LogP contribution in [0.15, 0.2) is 48.3 Å². The van der Waals surface area contributed by atoms with E-state index in [0.717, 1.165) is 24.3 Å². The Labute approximate surface area is 160 Å². The molecule has 0 aliphatic heterocycles. The van der Waals surface area contributed by atoms with Crippen molar-refractivity contribution >= 4 is 23.2 Å². The minimum atomic E-state index is -0.216. The van der Waals surface area contributed by atoms with E-state index in [4.69, 9.17) is 0 Å². The highest BCUT2D eigenvalue weighted by molar-refractivity contribution is 6.03. The monoisotopic (exact) mass is 365 g/mol. The molecule has 1 heterocycles. The molecule has 2 aromatic rings. The second kappa shape index (κ2) is 9.16. The summed E-state index contributed by atoms with van der Waals surface area (Å²) < 4.78 is 0. The lowest BCUT2D eigenvalue weighted by Gasteiger charge is -2.13. The van der Waals surface area contributed by atoms with Gasteiger partial charge in [-0.25, -0.2) is 9.97 Å². The van der Waals surface area contributed by atoms with Crippen LogP contribution in [0.3, 0.4) is 0 Å². The molecule has 2 N–H and O–H groups in total. The van der Waals surface area contributed by atoms with E-state index in [-0.39, 0.29) is 5.91 Å². The van der Waals surface area contributed by atoms with Gasteiger partial charge in [0.05, 0.1) is 5.56 Å². The van der Waals surface area contributed by atoms with E-state index < -0.39 is 0 Å². The van der Waals surface area contributed by atoms with Crippen LogP contribution in [0.2, 0.25) is 0 Å². The largest absolute Gasteiger partial charge is 0.378 e. The number of hydrogen-bond donors (Lipinski definition) is 2.